The van der Waals surface area contributed by atoms with E-state index in [0.29, 0.717) is 36.5 Å². The Morgan fingerprint density at radius 2 is 1.57 bits per heavy atom. The van der Waals surface area contributed by atoms with Crippen molar-refractivity contribution >= 4 is 29.2 Å². The van der Waals surface area contributed by atoms with Crippen molar-refractivity contribution in [3.05, 3.63) is 29.9 Å². The number of piperazine rings is 1. The van der Waals surface area contributed by atoms with Gasteiger partial charge in [-0.25, -0.2) is 0 Å². The summed E-state index contributed by atoms with van der Waals surface area (Å²) in [5, 5.41) is 11.8. The smallest absolute Gasteiger partial charge is 0.229 e. The van der Waals surface area contributed by atoms with E-state index in [0.717, 1.165) is 89.2 Å². The monoisotopic (exact) mass is 642 g/mol. The summed E-state index contributed by atoms with van der Waals surface area (Å²) in [6.45, 7) is 14.9. The highest BCUT2D eigenvalue weighted by atomic mass is 16.3. The number of nitrogens with zero attached hydrogens (tertiary/aromatic N) is 6. The molecule has 0 spiro atoms. The van der Waals surface area contributed by atoms with Gasteiger partial charge in [0.2, 0.25) is 5.95 Å². The fourth-order valence-electron chi connectivity index (χ4n) is 11.6. The molecule has 1 aromatic rings. The normalized spacial score (nSPS) is 38.8. The van der Waals surface area contributed by atoms with E-state index < -0.39 is 6.10 Å². The van der Waals surface area contributed by atoms with Crippen LogP contribution >= 0.6 is 0 Å². The zero-order valence-electron chi connectivity index (χ0n) is 28.7. The summed E-state index contributed by atoms with van der Waals surface area (Å²) in [7, 11) is 0. The van der Waals surface area contributed by atoms with E-state index in [1.165, 1.54) is 31.3 Å². The Labute approximate surface area is 280 Å². The van der Waals surface area contributed by atoms with Gasteiger partial charge >= 0.3 is 0 Å². The van der Waals surface area contributed by atoms with Crippen LogP contribution in [0.1, 0.15) is 72.1 Å². The van der Waals surface area contributed by atoms with Crippen LogP contribution in [0.5, 0.6) is 0 Å². The lowest BCUT2D eigenvalue weighted by atomic mass is 9.46. The topological polar surface area (TPSA) is 93.1 Å². The molecule has 1 N–H and O–H groups in total. The van der Waals surface area contributed by atoms with Crippen molar-refractivity contribution in [1.82, 2.24) is 14.9 Å². The second-order valence-corrected chi connectivity index (χ2v) is 16.5. The maximum absolute atomic E-state index is 14.3. The fourth-order valence-corrected chi connectivity index (χ4v) is 11.6. The molecule has 0 amide bonds. The number of aliphatic hydroxyl groups is 1. The van der Waals surface area contributed by atoms with Gasteiger partial charge in [0, 0.05) is 75.7 Å². The van der Waals surface area contributed by atoms with Gasteiger partial charge in [-0.05, 0) is 86.7 Å². The molecule has 2 unspecified atom stereocenters. The maximum Gasteiger partial charge on any atom is 0.229 e. The number of hydrogen-bond acceptors (Lipinski definition) is 9. The number of ketones is 2. The molecule has 3 saturated carbocycles. The van der Waals surface area contributed by atoms with Crippen molar-refractivity contribution in [2.45, 2.75) is 78.2 Å². The lowest BCUT2D eigenvalue weighted by Gasteiger charge is -2.58. The minimum atomic E-state index is -0.472. The summed E-state index contributed by atoms with van der Waals surface area (Å²) >= 11 is 0. The van der Waals surface area contributed by atoms with Gasteiger partial charge in [0.05, 0.1) is 12.6 Å². The highest BCUT2D eigenvalue weighted by Crippen LogP contribution is 2.67. The van der Waals surface area contributed by atoms with Gasteiger partial charge in [-0.1, -0.05) is 32.4 Å². The molecule has 8 atom stereocenters. The molecule has 7 aliphatic rings. The third-order valence-corrected chi connectivity index (χ3v) is 13.8. The summed E-state index contributed by atoms with van der Waals surface area (Å²) in [6.07, 6.45) is 13.6. The molecule has 0 radical (unpaired) electrons. The zero-order valence-corrected chi connectivity index (χ0v) is 28.7. The van der Waals surface area contributed by atoms with Crippen molar-refractivity contribution in [2.75, 3.05) is 73.6 Å². The standard InChI is InChI=1S/C38H54N6O3/c1-25-20-29-28-9-8-26-21-27(45)10-11-37(26,2)35(28)30(46)23-38(29,3)34(25)31(47)24-41-16-18-43(19-17-41)33-22-32(42-12-4-5-13-42)39-36(40-33)44-14-6-7-15-44/h10-11,21-22,25,28-30,34-35,46H,4-9,12-20,23-24H2,1-3H3/t25?,28-,29-,30?,34+,35+,37-,38-/m0/s1. The van der Waals surface area contributed by atoms with Gasteiger partial charge in [-0.15, -0.1) is 0 Å². The number of hydrogen-bond donors (Lipinski definition) is 1. The first-order valence-corrected chi connectivity index (χ1v) is 18.7. The van der Waals surface area contributed by atoms with E-state index in [-0.39, 0.29) is 28.4 Å². The molecule has 3 saturated heterocycles. The third kappa shape index (κ3) is 5.34. The van der Waals surface area contributed by atoms with Crippen LogP contribution in [0.2, 0.25) is 0 Å². The average Bonchev–Trinajstić information content (AvgIpc) is 3.83. The van der Waals surface area contributed by atoms with E-state index >= 15 is 0 Å². The van der Waals surface area contributed by atoms with E-state index in [9.17, 15) is 14.7 Å². The van der Waals surface area contributed by atoms with Crippen LogP contribution in [-0.2, 0) is 9.59 Å². The van der Waals surface area contributed by atoms with Crippen molar-refractivity contribution in [3.8, 4) is 0 Å². The molecule has 6 fully saturated rings. The molecular weight excluding hydrogens is 588 g/mol. The number of Topliss-reactive ketones (excluding diaryl/α,β-unsaturated/α-hetero) is 1. The van der Waals surface area contributed by atoms with Crippen LogP contribution < -0.4 is 14.7 Å². The predicted molar refractivity (Wildman–Crippen MR) is 185 cm³/mol. The first kappa shape index (κ1) is 31.5. The number of allylic oxidation sites excluding steroid dienone is 4. The Hall–Kier alpha value is -2.78. The van der Waals surface area contributed by atoms with Gasteiger partial charge in [-0.2, -0.15) is 9.97 Å². The Balaban J connectivity index is 0.945. The van der Waals surface area contributed by atoms with Crippen LogP contribution in [0, 0.1) is 40.4 Å². The van der Waals surface area contributed by atoms with Gasteiger partial charge in [0.25, 0.3) is 0 Å². The molecule has 4 aliphatic carbocycles. The molecule has 4 heterocycles. The molecule has 3 aliphatic heterocycles. The summed E-state index contributed by atoms with van der Waals surface area (Å²) < 4.78 is 0. The highest BCUT2D eigenvalue weighted by molar-refractivity contribution is 6.01. The molecular formula is C38H54N6O3. The van der Waals surface area contributed by atoms with Gasteiger partial charge in [0.1, 0.15) is 11.6 Å². The van der Waals surface area contributed by atoms with Gasteiger partial charge < -0.3 is 19.8 Å². The second-order valence-electron chi connectivity index (χ2n) is 16.5. The third-order valence-electron chi connectivity index (χ3n) is 13.8. The minimum Gasteiger partial charge on any atom is -0.393 e. The SMILES string of the molecule is CC1C[C@H]2[C@@H]3CCC4=CC(=O)C=C[C@]4(C)[C@H]3C(O)C[C@]2(C)[C@H]1C(=O)CN1CCN(c2cc(N3CCCC3)nc(N3CCCC3)n2)CC1. The highest BCUT2D eigenvalue weighted by Gasteiger charge is 2.64. The summed E-state index contributed by atoms with van der Waals surface area (Å²) in [5.74, 6) is 4.59. The molecule has 0 bridgehead atoms. The fraction of sp³-hybridized carbons (Fsp3) is 0.737. The molecule has 9 nitrogen and oxygen atoms in total. The number of anilines is 3. The van der Waals surface area contributed by atoms with Crippen molar-refractivity contribution in [1.29, 1.82) is 0 Å². The minimum absolute atomic E-state index is 0.0257. The first-order valence-electron chi connectivity index (χ1n) is 18.7. The quantitative estimate of drug-likeness (QED) is 0.481. The van der Waals surface area contributed by atoms with Crippen LogP contribution in [0.3, 0.4) is 0 Å². The van der Waals surface area contributed by atoms with Crippen molar-refractivity contribution < 1.29 is 14.7 Å². The van der Waals surface area contributed by atoms with Crippen LogP contribution in [0.4, 0.5) is 17.6 Å². The number of carbonyl (C=O) groups is 2. The van der Waals surface area contributed by atoms with E-state index in [1.807, 2.05) is 6.08 Å². The van der Waals surface area contributed by atoms with Crippen LogP contribution in [0.25, 0.3) is 0 Å². The van der Waals surface area contributed by atoms with Crippen LogP contribution in [-0.4, -0.2) is 96.5 Å². The Kier molecular flexibility index (Phi) is 8.02. The van der Waals surface area contributed by atoms with E-state index in [1.54, 1.807) is 6.08 Å². The van der Waals surface area contributed by atoms with Gasteiger partial charge in [-0.3, -0.25) is 14.5 Å². The van der Waals surface area contributed by atoms with Gasteiger partial charge in [0.15, 0.2) is 11.6 Å². The number of rotatable bonds is 6. The molecule has 8 rings (SSSR count). The average molecular weight is 643 g/mol. The molecule has 254 valence electrons. The Morgan fingerprint density at radius 3 is 2.26 bits per heavy atom. The lowest BCUT2D eigenvalue weighted by Crippen LogP contribution is -2.57. The first-order chi connectivity index (χ1) is 22.6. The van der Waals surface area contributed by atoms with E-state index in [4.69, 9.17) is 9.97 Å². The number of aromatic nitrogens is 2. The zero-order chi connectivity index (χ0) is 32.5. The number of fused-ring (bicyclic) bond motifs is 5. The molecule has 9 heteroatoms. The summed E-state index contributed by atoms with van der Waals surface area (Å²) in [6, 6.07) is 2.19. The van der Waals surface area contributed by atoms with Crippen LogP contribution in [0.15, 0.2) is 29.9 Å². The summed E-state index contributed by atoms with van der Waals surface area (Å²) in [4.78, 5) is 46.1. The van der Waals surface area contributed by atoms with Crippen molar-refractivity contribution in [3.63, 3.8) is 0 Å². The largest absolute Gasteiger partial charge is 0.393 e. The number of aliphatic hydroxyl groups excluding tert-OH is 1. The Bertz CT molecular complexity index is 1420. The maximum atomic E-state index is 14.3. The number of carbonyl (C=O) groups excluding carboxylic acids is 2. The lowest BCUT2D eigenvalue weighted by molar-refractivity contribution is -0.141. The van der Waals surface area contributed by atoms with Crippen molar-refractivity contribution in [2.24, 2.45) is 40.4 Å². The molecule has 0 aromatic carbocycles. The Morgan fingerprint density at radius 1 is 0.936 bits per heavy atom. The predicted octanol–water partition coefficient (Wildman–Crippen LogP) is 4.51. The second kappa shape index (κ2) is 12.0. The molecule has 1 aromatic heterocycles. The summed E-state index contributed by atoms with van der Waals surface area (Å²) in [5.41, 5.74) is 0.730. The molecule has 47 heavy (non-hydrogen) atoms. The van der Waals surface area contributed by atoms with E-state index in [2.05, 4.69) is 52.5 Å².